The second-order valence-electron chi connectivity index (χ2n) is 6.87. The zero-order chi connectivity index (χ0) is 17.9. The van der Waals surface area contributed by atoms with Crippen molar-refractivity contribution >= 4 is 0 Å². The van der Waals surface area contributed by atoms with E-state index in [-0.39, 0.29) is 11.6 Å². The van der Waals surface area contributed by atoms with Crippen molar-refractivity contribution < 1.29 is 0 Å². The van der Waals surface area contributed by atoms with Crippen molar-refractivity contribution in [3.8, 4) is 5.69 Å². The van der Waals surface area contributed by atoms with E-state index in [1.54, 1.807) is 11.6 Å². The molecule has 0 aliphatic carbocycles. The molecule has 0 bridgehead atoms. The van der Waals surface area contributed by atoms with E-state index in [4.69, 9.17) is 0 Å². The Balaban J connectivity index is 1.61. The first-order valence-electron chi connectivity index (χ1n) is 9.05. The number of aryl methyl sites for hydroxylation is 1. The van der Waals surface area contributed by atoms with Crippen LogP contribution in [-0.4, -0.2) is 37.3 Å². The van der Waals surface area contributed by atoms with E-state index in [2.05, 4.69) is 27.1 Å². The number of para-hydroxylation sites is 1. The van der Waals surface area contributed by atoms with Gasteiger partial charge >= 0.3 is 5.69 Å². The number of aromatic nitrogens is 4. The highest BCUT2D eigenvalue weighted by Crippen LogP contribution is 2.27. The molecule has 1 atom stereocenters. The maximum absolute atomic E-state index is 12.6. The molecule has 6 nitrogen and oxygen atoms in total. The van der Waals surface area contributed by atoms with Gasteiger partial charge in [0.05, 0.1) is 5.69 Å². The summed E-state index contributed by atoms with van der Waals surface area (Å²) in [5.41, 5.74) is 2.06. The minimum atomic E-state index is -0.0857. The van der Waals surface area contributed by atoms with Gasteiger partial charge in [-0.1, -0.05) is 18.2 Å². The Kier molecular flexibility index (Phi) is 4.67. The molecule has 0 radical (unpaired) electrons. The van der Waals surface area contributed by atoms with Gasteiger partial charge in [-0.3, -0.25) is 9.88 Å². The average Bonchev–Trinajstić information content (AvgIpc) is 2.98. The molecule has 1 saturated heterocycles. The average molecular weight is 349 g/mol. The predicted octanol–water partition coefficient (Wildman–Crippen LogP) is 2.35. The molecule has 0 saturated carbocycles. The quantitative estimate of drug-likeness (QED) is 0.725. The zero-order valence-electron chi connectivity index (χ0n) is 15.0. The Morgan fingerprint density at radius 1 is 1.12 bits per heavy atom. The molecular formula is C20H23N5O. The van der Waals surface area contributed by atoms with E-state index in [9.17, 15) is 4.79 Å². The van der Waals surface area contributed by atoms with Gasteiger partial charge in [-0.25, -0.2) is 14.0 Å². The molecule has 1 fully saturated rings. The first-order chi connectivity index (χ1) is 12.7. The molecule has 3 heterocycles. The topological polar surface area (TPSA) is 56.0 Å². The number of nitrogens with zero attached hydrogens (tertiary/aromatic N) is 5. The number of benzene rings is 1. The lowest BCUT2D eigenvalue weighted by atomic mass is 9.96. The first kappa shape index (κ1) is 16.7. The molecule has 0 N–H and O–H groups in total. The second-order valence-corrected chi connectivity index (χ2v) is 6.87. The van der Waals surface area contributed by atoms with Crippen LogP contribution >= 0.6 is 0 Å². The van der Waals surface area contributed by atoms with E-state index < -0.39 is 0 Å². The van der Waals surface area contributed by atoms with Crippen molar-refractivity contribution in [1.82, 2.24) is 24.2 Å². The van der Waals surface area contributed by atoms with Crippen molar-refractivity contribution in [3.05, 3.63) is 76.7 Å². The van der Waals surface area contributed by atoms with Crippen molar-refractivity contribution in [1.29, 1.82) is 0 Å². The summed E-state index contributed by atoms with van der Waals surface area (Å²) < 4.78 is 3.21. The molecule has 3 aromatic rings. The van der Waals surface area contributed by atoms with Crippen molar-refractivity contribution in [2.24, 2.45) is 7.05 Å². The summed E-state index contributed by atoms with van der Waals surface area (Å²) in [6.45, 7) is 2.88. The van der Waals surface area contributed by atoms with Crippen LogP contribution in [0.5, 0.6) is 0 Å². The minimum absolute atomic E-state index is 0.0857. The van der Waals surface area contributed by atoms with Crippen molar-refractivity contribution in [3.63, 3.8) is 0 Å². The third-order valence-electron chi connectivity index (χ3n) is 4.99. The lowest BCUT2D eigenvalue weighted by molar-refractivity contribution is 0.195. The Labute approximate surface area is 152 Å². The third-order valence-corrected chi connectivity index (χ3v) is 4.99. The summed E-state index contributed by atoms with van der Waals surface area (Å²) in [5, 5.41) is 4.58. The van der Waals surface area contributed by atoms with Gasteiger partial charge in [0.2, 0.25) is 0 Å². The molecule has 1 aliphatic heterocycles. The molecule has 1 aliphatic rings. The number of piperidine rings is 1. The number of rotatable bonds is 4. The van der Waals surface area contributed by atoms with Crippen molar-refractivity contribution in [2.45, 2.75) is 25.3 Å². The molecule has 26 heavy (non-hydrogen) atoms. The van der Waals surface area contributed by atoms with Crippen LogP contribution < -0.4 is 5.69 Å². The van der Waals surface area contributed by atoms with E-state index in [0.29, 0.717) is 0 Å². The molecule has 2 aromatic heterocycles. The second kappa shape index (κ2) is 7.25. The van der Waals surface area contributed by atoms with Crippen LogP contribution in [0.15, 0.2) is 59.7 Å². The smallest absolute Gasteiger partial charge is 0.298 e. The van der Waals surface area contributed by atoms with E-state index >= 15 is 0 Å². The number of pyridine rings is 1. The standard InChI is InChI=1S/C20H23N5O/c1-23-20(26)25(18-7-3-2-4-8-18)19(22-23)17-6-5-13-24(15-17)14-16-9-11-21-12-10-16/h2-4,7-12,17H,5-6,13-15H2,1H3/t17-/m1/s1. The number of likely N-dealkylation sites (tertiary alicyclic amines) is 1. The highest BCUT2D eigenvalue weighted by molar-refractivity contribution is 5.33. The molecule has 4 rings (SSSR count). The van der Waals surface area contributed by atoms with Gasteiger partial charge in [0, 0.05) is 38.4 Å². The Morgan fingerprint density at radius 2 is 1.88 bits per heavy atom. The molecule has 134 valence electrons. The largest absolute Gasteiger partial charge is 0.350 e. The Morgan fingerprint density at radius 3 is 2.65 bits per heavy atom. The molecule has 6 heteroatoms. The molecule has 0 spiro atoms. The Hall–Kier alpha value is -2.73. The molecule has 0 amide bonds. The Bertz CT molecular complexity index is 916. The summed E-state index contributed by atoms with van der Waals surface area (Å²) >= 11 is 0. The molecule has 1 aromatic carbocycles. The maximum atomic E-state index is 12.6. The van der Waals surface area contributed by atoms with Crippen LogP contribution in [0.1, 0.15) is 30.1 Å². The van der Waals surface area contributed by atoms with Gasteiger partial charge < -0.3 is 0 Å². The summed E-state index contributed by atoms with van der Waals surface area (Å²) in [7, 11) is 1.73. The fourth-order valence-corrected chi connectivity index (χ4v) is 3.72. The van der Waals surface area contributed by atoms with E-state index in [1.807, 2.05) is 42.7 Å². The SMILES string of the molecule is Cn1nc([C@@H]2CCCN(Cc3ccncc3)C2)n(-c2ccccc2)c1=O. The lowest BCUT2D eigenvalue weighted by Crippen LogP contribution is -2.35. The highest BCUT2D eigenvalue weighted by Gasteiger charge is 2.27. The van der Waals surface area contributed by atoms with Crippen LogP contribution in [0.4, 0.5) is 0 Å². The minimum Gasteiger partial charge on any atom is -0.298 e. The number of hydrogen-bond acceptors (Lipinski definition) is 4. The zero-order valence-corrected chi connectivity index (χ0v) is 15.0. The van der Waals surface area contributed by atoms with Gasteiger partial charge in [0.1, 0.15) is 5.82 Å². The van der Waals surface area contributed by atoms with Gasteiger partial charge in [-0.2, -0.15) is 5.10 Å². The fourth-order valence-electron chi connectivity index (χ4n) is 3.72. The first-order valence-corrected chi connectivity index (χ1v) is 9.05. The predicted molar refractivity (Wildman–Crippen MR) is 100 cm³/mol. The number of hydrogen-bond donors (Lipinski definition) is 0. The van der Waals surface area contributed by atoms with Crippen LogP contribution in [0.2, 0.25) is 0 Å². The fraction of sp³-hybridized carbons (Fsp3) is 0.350. The monoisotopic (exact) mass is 349 g/mol. The van der Waals surface area contributed by atoms with Gasteiger partial charge in [0.25, 0.3) is 0 Å². The summed E-state index contributed by atoms with van der Waals surface area (Å²) in [4.78, 5) is 19.2. The van der Waals surface area contributed by atoms with Crippen LogP contribution in [0.25, 0.3) is 5.69 Å². The highest BCUT2D eigenvalue weighted by atomic mass is 16.2. The lowest BCUT2D eigenvalue weighted by Gasteiger charge is -2.32. The van der Waals surface area contributed by atoms with Crippen LogP contribution in [0, 0.1) is 0 Å². The van der Waals surface area contributed by atoms with E-state index in [0.717, 1.165) is 44.0 Å². The molecular weight excluding hydrogens is 326 g/mol. The maximum Gasteiger partial charge on any atom is 0.350 e. The van der Waals surface area contributed by atoms with Crippen LogP contribution in [0.3, 0.4) is 0 Å². The normalized spacial score (nSPS) is 18.1. The third kappa shape index (κ3) is 3.32. The summed E-state index contributed by atoms with van der Waals surface area (Å²) in [5.74, 6) is 1.11. The molecule has 0 unspecified atom stereocenters. The summed E-state index contributed by atoms with van der Waals surface area (Å²) in [6, 6.07) is 13.9. The summed E-state index contributed by atoms with van der Waals surface area (Å²) in [6.07, 6.45) is 5.83. The van der Waals surface area contributed by atoms with E-state index in [1.165, 1.54) is 10.2 Å². The van der Waals surface area contributed by atoms with Crippen LogP contribution in [-0.2, 0) is 13.6 Å². The van der Waals surface area contributed by atoms with Gasteiger partial charge in [-0.05, 0) is 49.2 Å². The van der Waals surface area contributed by atoms with Crippen molar-refractivity contribution in [2.75, 3.05) is 13.1 Å². The van der Waals surface area contributed by atoms with Gasteiger partial charge in [0.15, 0.2) is 0 Å². The van der Waals surface area contributed by atoms with Gasteiger partial charge in [-0.15, -0.1) is 0 Å².